The topological polar surface area (TPSA) is 65.1 Å². The van der Waals surface area contributed by atoms with Crippen LogP contribution in [0.4, 0.5) is 0 Å². The van der Waals surface area contributed by atoms with Gasteiger partial charge < -0.3 is 10.3 Å². The zero-order valence-corrected chi connectivity index (χ0v) is 12.1. The predicted molar refractivity (Wildman–Crippen MR) is 79.2 cm³/mol. The van der Waals surface area contributed by atoms with Gasteiger partial charge in [-0.15, -0.1) is 0 Å². The van der Waals surface area contributed by atoms with E-state index >= 15 is 0 Å². The maximum atomic E-state index is 12.3. The summed E-state index contributed by atoms with van der Waals surface area (Å²) in [6, 6.07) is 8.82. The summed E-state index contributed by atoms with van der Waals surface area (Å²) in [5, 5.41) is 0.584. The number of benzene rings is 1. The first-order chi connectivity index (χ1) is 9.41. The minimum atomic E-state index is -0.717. The first-order valence-electron chi connectivity index (χ1n) is 6.16. The zero-order chi connectivity index (χ0) is 14.9. The third-order valence-electron chi connectivity index (χ3n) is 3.36. The minimum Gasteiger partial charge on any atom is -0.365 e. The molecule has 0 aliphatic carbocycles. The number of aryl methyl sites for hydroxylation is 1. The number of pyridine rings is 1. The number of nitrogens with zero attached hydrogens (tertiary/aromatic N) is 1. The molecule has 2 rings (SSSR count). The summed E-state index contributed by atoms with van der Waals surface area (Å²) in [4.78, 5) is 23.7. The van der Waals surface area contributed by atoms with E-state index in [0.29, 0.717) is 11.6 Å². The highest BCUT2D eigenvalue weighted by molar-refractivity contribution is 6.31. The number of carbonyl (C=O) groups excluding carboxylic acids is 1. The molecule has 0 atom stereocenters. The van der Waals surface area contributed by atoms with Gasteiger partial charge in [0.2, 0.25) is 0 Å². The monoisotopic (exact) mass is 290 g/mol. The van der Waals surface area contributed by atoms with E-state index < -0.39 is 5.91 Å². The number of amides is 1. The fraction of sp³-hybridized carbons (Fsp3) is 0.200. The van der Waals surface area contributed by atoms with Crippen LogP contribution in [0.2, 0.25) is 5.02 Å². The van der Waals surface area contributed by atoms with Crippen molar-refractivity contribution in [1.29, 1.82) is 0 Å². The molecule has 0 fully saturated rings. The van der Waals surface area contributed by atoms with Crippen LogP contribution in [0.15, 0.2) is 35.1 Å². The summed E-state index contributed by atoms with van der Waals surface area (Å²) in [5.41, 5.74) is 7.31. The molecule has 0 unspecified atom stereocenters. The molecule has 0 saturated heterocycles. The zero-order valence-electron chi connectivity index (χ0n) is 11.3. The van der Waals surface area contributed by atoms with Crippen molar-refractivity contribution in [2.75, 3.05) is 0 Å². The highest BCUT2D eigenvalue weighted by atomic mass is 35.5. The van der Waals surface area contributed by atoms with Crippen LogP contribution in [0.5, 0.6) is 0 Å². The molecule has 0 spiro atoms. The van der Waals surface area contributed by atoms with Gasteiger partial charge in [-0.3, -0.25) is 9.59 Å². The average Bonchev–Trinajstić information content (AvgIpc) is 2.40. The fourth-order valence-corrected chi connectivity index (χ4v) is 2.25. The summed E-state index contributed by atoms with van der Waals surface area (Å²) < 4.78 is 1.52. The number of nitrogens with two attached hydrogens (primary N) is 1. The molecule has 1 heterocycles. The van der Waals surface area contributed by atoms with E-state index in [1.54, 1.807) is 6.07 Å². The fourth-order valence-electron chi connectivity index (χ4n) is 2.06. The molecule has 2 aromatic rings. The Balaban J connectivity index is 2.60. The van der Waals surface area contributed by atoms with E-state index in [9.17, 15) is 9.59 Å². The third kappa shape index (κ3) is 2.60. The first kappa shape index (κ1) is 14.3. The molecule has 0 aliphatic rings. The molecule has 20 heavy (non-hydrogen) atoms. The van der Waals surface area contributed by atoms with Crippen LogP contribution in [0, 0.1) is 13.8 Å². The Labute approximate surface area is 121 Å². The van der Waals surface area contributed by atoms with Crippen LogP contribution in [0.1, 0.15) is 27.2 Å². The van der Waals surface area contributed by atoms with Gasteiger partial charge in [-0.05, 0) is 37.1 Å². The Bertz CT molecular complexity index is 735. The number of rotatable bonds is 3. The van der Waals surface area contributed by atoms with Gasteiger partial charge in [0.25, 0.3) is 11.5 Å². The Hall–Kier alpha value is -2.07. The molecule has 2 N–H and O–H groups in total. The quantitative estimate of drug-likeness (QED) is 0.942. The second-order valence-electron chi connectivity index (χ2n) is 4.67. The van der Waals surface area contributed by atoms with E-state index in [1.165, 1.54) is 10.6 Å². The Morgan fingerprint density at radius 2 is 1.95 bits per heavy atom. The Morgan fingerprint density at radius 3 is 2.55 bits per heavy atom. The van der Waals surface area contributed by atoms with Gasteiger partial charge in [0.05, 0.1) is 6.54 Å². The van der Waals surface area contributed by atoms with Crippen molar-refractivity contribution in [2.45, 2.75) is 20.4 Å². The van der Waals surface area contributed by atoms with Gasteiger partial charge in [-0.1, -0.05) is 29.8 Å². The van der Waals surface area contributed by atoms with Crippen LogP contribution in [-0.4, -0.2) is 10.5 Å². The van der Waals surface area contributed by atoms with E-state index in [1.807, 2.05) is 32.0 Å². The number of hydrogen-bond acceptors (Lipinski definition) is 2. The molecule has 0 radical (unpaired) electrons. The van der Waals surface area contributed by atoms with Gasteiger partial charge in [-0.2, -0.15) is 0 Å². The van der Waals surface area contributed by atoms with Gasteiger partial charge in [0.15, 0.2) is 0 Å². The third-order valence-corrected chi connectivity index (χ3v) is 3.73. The van der Waals surface area contributed by atoms with Crippen LogP contribution in [-0.2, 0) is 6.54 Å². The number of aromatic nitrogens is 1. The van der Waals surface area contributed by atoms with E-state index in [0.717, 1.165) is 16.8 Å². The summed E-state index contributed by atoms with van der Waals surface area (Å²) in [7, 11) is 0. The van der Waals surface area contributed by atoms with Crippen LogP contribution in [0.3, 0.4) is 0 Å². The lowest BCUT2D eigenvalue weighted by Crippen LogP contribution is -2.31. The number of hydrogen-bond donors (Lipinski definition) is 1. The van der Waals surface area contributed by atoms with Crippen LogP contribution in [0.25, 0.3) is 0 Å². The molecule has 1 amide bonds. The average molecular weight is 291 g/mol. The summed E-state index contributed by atoms with van der Waals surface area (Å²) in [6.45, 7) is 3.98. The van der Waals surface area contributed by atoms with Crippen molar-refractivity contribution < 1.29 is 4.79 Å². The van der Waals surface area contributed by atoms with Gasteiger partial charge >= 0.3 is 0 Å². The van der Waals surface area contributed by atoms with Gasteiger partial charge in [0.1, 0.15) is 5.56 Å². The molecule has 1 aromatic heterocycles. The Morgan fingerprint density at radius 1 is 1.30 bits per heavy atom. The van der Waals surface area contributed by atoms with E-state index in [-0.39, 0.29) is 11.1 Å². The largest absolute Gasteiger partial charge is 0.365 e. The van der Waals surface area contributed by atoms with Crippen molar-refractivity contribution in [2.24, 2.45) is 5.73 Å². The molecule has 0 bridgehead atoms. The summed E-state index contributed by atoms with van der Waals surface area (Å²) in [5.74, 6) is -0.717. The summed E-state index contributed by atoms with van der Waals surface area (Å²) in [6.07, 6.45) is 0. The molecule has 4 nitrogen and oxygen atoms in total. The highest BCUT2D eigenvalue weighted by Gasteiger charge is 2.14. The molecular formula is C15H15ClN2O2. The number of carbonyl (C=O) groups is 1. The van der Waals surface area contributed by atoms with Crippen molar-refractivity contribution >= 4 is 17.5 Å². The number of halogens is 1. The minimum absolute atomic E-state index is 0.000142. The van der Waals surface area contributed by atoms with Crippen molar-refractivity contribution in [1.82, 2.24) is 4.57 Å². The smallest absolute Gasteiger partial charge is 0.263 e. The molecule has 5 heteroatoms. The van der Waals surface area contributed by atoms with E-state index in [2.05, 4.69) is 0 Å². The van der Waals surface area contributed by atoms with Gasteiger partial charge in [0, 0.05) is 10.7 Å². The van der Waals surface area contributed by atoms with Crippen molar-refractivity contribution in [3.05, 3.63) is 68.1 Å². The summed E-state index contributed by atoms with van der Waals surface area (Å²) >= 11 is 6.11. The number of primary amides is 1. The van der Waals surface area contributed by atoms with Crippen LogP contribution < -0.4 is 11.3 Å². The Kier molecular flexibility index (Phi) is 3.95. The van der Waals surface area contributed by atoms with E-state index in [4.69, 9.17) is 17.3 Å². The lowest BCUT2D eigenvalue weighted by atomic mass is 10.1. The molecule has 0 aliphatic heterocycles. The lowest BCUT2D eigenvalue weighted by molar-refractivity contribution is 0.0998. The molecule has 104 valence electrons. The molecule has 0 saturated carbocycles. The lowest BCUT2D eigenvalue weighted by Gasteiger charge is -2.14. The second kappa shape index (κ2) is 5.51. The van der Waals surface area contributed by atoms with Crippen molar-refractivity contribution in [3.8, 4) is 0 Å². The SMILES string of the molecule is Cc1cc(C(N)=O)c(=O)n(Cc2ccccc2Cl)c1C. The normalized spacial score (nSPS) is 10.6. The van der Waals surface area contributed by atoms with Gasteiger partial charge in [-0.25, -0.2) is 0 Å². The maximum absolute atomic E-state index is 12.3. The maximum Gasteiger partial charge on any atom is 0.263 e. The second-order valence-corrected chi connectivity index (χ2v) is 5.08. The highest BCUT2D eigenvalue weighted by Crippen LogP contribution is 2.17. The molecule has 1 aromatic carbocycles. The standard InChI is InChI=1S/C15H15ClN2O2/c1-9-7-12(14(17)19)15(20)18(10(9)2)8-11-5-3-4-6-13(11)16/h3-7H,8H2,1-2H3,(H2,17,19). The predicted octanol–water partition coefficient (Wildman–Crippen LogP) is 2.27. The first-order valence-corrected chi connectivity index (χ1v) is 6.54. The van der Waals surface area contributed by atoms with Crippen LogP contribution >= 0.6 is 11.6 Å². The van der Waals surface area contributed by atoms with Crippen molar-refractivity contribution in [3.63, 3.8) is 0 Å². The molecular weight excluding hydrogens is 276 g/mol.